The van der Waals surface area contributed by atoms with Gasteiger partial charge in [0.2, 0.25) is 0 Å². The molecule has 2 heterocycles. The Morgan fingerprint density at radius 1 is 1.60 bits per heavy atom. The fourth-order valence-electron chi connectivity index (χ4n) is 2.90. The highest BCUT2D eigenvalue weighted by Crippen LogP contribution is 2.36. The van der Waals surface area contributed by atoms with Gasteiger partial charge < -0.3 is 5.11 Å². The average Bonchev–Trinajstić information content (AvgIpc) is 2.86. The van der Waals surface area contributed by atoms with E-state index in [9.17, 15) is 9.90 Å². The second-order valence-corrected chi connectivity index (χ2v) is 7.97. The van der Waals surface area contributed by atoms with E-state index in [1.807, 2.05) is 0 Å². The molecule has 0 spiro atoms. The Hall–Kier alpha value is -0.390. The third-order valence-corrected chi connectivity index (χ3v) is 5.72. The zero-order valence-corrected chi connectivity index (χ0v) is 14.3. The molecule has 0 bridgehead atoms. The van der Waals surface area contributed by atoms with Gasteiger partial charge in [0.1, 0.15) is 0 Å². The maximum atomic E-state index is 11.2. The zero-order chi connectivity index (χ0) is 14.5. The summed E-state index contributed by atoms with van der Waals surface area (Å²) in [6.45, 7) is 3.92. The molecular weight excluding hydrogens is 338 g/mol. The molecule has 1 fully saturated rings. The van der Waals surface area contributed by atoms with Crippen molar-refractivity contribution >= 4 is 33.2 Å². The van der Waals surface area contributed by atoms with Gasteiger partial charge in [0.15, 0.2) is 0 Å². The highest BCUT2D eigenvalue weighted by atomic mass is 79.9. The normalized spacial score (nSPS) is 21.8. The van der Waals surface area contributed by atoms with Crippen LogP contribution in [0.25, 0.3) is 0 Å². The summed E-state index contributed by atoms with van der Waals surface area (Å²) in [6.07, 6.45) is 5.30. The maximum Gasteiger partial charge on any atom is 0.307 e. The molecule has 0 aliphatic carbocycles. The first-order valence-electron chi connectivity index (χ1n) is 7.34. The summed E-state index contributed by atoms with van der Waals surface area (Å²) in [5.74, 6) is -0.840. The molecule has 1 aliphatic rings. The molecule has 0 amide bonds. The molecule has 1 N–H and O–H groups in total. The maximum absolute atomic E-state index is 11.2. The standard InChI is InChI=1S/C15H22BrNO2S/c1-2-3-6-12(13-7-8-14(16)20-13)17-9-4-5-11(10-17)15(18)19/h7-8,11-12H,2-6,9-10H2,1H3,(H,18,19). The van der Waals surface area contributed by atoms with Crippen LogP contribution in [0, 0.1) is 5.92 Å². The van der Waals surface area contributed by atoms with E-state index in [4.69, 9.17) is 0 Å². The van der Waals surface area contributed by atoms with E-state index in [-0.39, 0.29) is 5.92 Å². The summed E-state index contributed by atoms with van der Waals surface area (Å²) in [5.41, 5.74) is 0. The molecule has 1 aromatic rings. The van der Waals surface area contributed by atoms with Crippen LogP contribution in [-0.4, -0.2) is 29.1 Å². The molecule has 0 saturated carbocycles. The molecular formula is C15H22BrNO2S. The van der Waals surface area contributed by atoms with Crippen LogP contribution < -0.4 is 0 Å². The fraction of sp³-hybridized carbons (Fsp3) is 0.667. The van der Waals surface area contributed by atoms with E-state index in [0.717, 1.165) is 29.6 Å². The molecule has 5 heteroatoms. The average molecular weight is 360 g/mol. The number of carboxylic acid groups (broad SMARTS) is 1. The number of aliphatic carboxylic acids is 1. The second-order valence-electron chi connectivity index (χ2n) is 5.47. The van der Waals surface area contributed by atoms with Crippen molar-refractivity contribution in [2.24, 2.45) is 5.92 Å². The van der Waals surface area contributed by atoms with Gasteiger partial charge in [0.25, 0.3) is 0 Å². The third-order valence-electron chi connectivity index (χ3n) is 4.00. The Labute approximate surface area is 133 Å². The lowest BCUT2D eigenvalue weighted by Crippen LogP contribution is -2.40. The number of carboxylic acids is 1. The number of likely N-dealkylation sites (tertiary alicyclic amines) is 1. The van der Waals surface area contributed by atoms with Crippen LogP contribution in [0.4, 0.5) is 0 Å². The Balaban J connectivity index is 2.11. The van der Waals surface area contributed by atoms with E-state index < -0.39 is 5.97 Å². The van der Waals surface area contributed by atoms with E-state index in [0.29, 0.717) is 12.6 Å². The lowest BCUT2D eigenvalue weighted by molar-refractivity contribution is -0.144. The predicted molar refractivity (Wildman–Crippen MR) is 86.2 cm³/mol. The van der Waals surface area contributed by atoms with Crippen molar-refractivity contribution in [3.63, 3.8) is 0 Å². The molecule has 2 rings (SSSR count). The van der Waals surface area contributed by atoms with Crippen molar-refractivity contribution in [3.05, 3.63) is 20.8 Å². The van der Waals surface area contributed by atoms with Gasteiger partial charge >= 0.3 is 5.97 Å². The summed E-state index contributed by atoms with van der Waals surface area (Å²) < 4.78 is 1.15. The van der Waals surface area contributed by atoms with Crippen molar-refractivity contribution in [2.45, 2.75) is 45.1 Å². The number of nitrogens with zero attached hydrogens (tertiary/aromatic N) is 1. The molecule has 1 saturated heterocycles. The summed E-state index contributed by atoms with van der Waals surface area (Å²) in [7, 11) is 0. The van der Waals surface area contributed by atoms with Crippen molar-refractivity contribution in [1.82, 2.24) is 4.90 Å². The number of halogens is 1. The first kappa shape index (κ1) is 16.0. The molecule has 1 aromatic heterocycles. The summed E-state index contributed by atoms with van der Waals surface area (Å²) in [6, 6.07) is 4.66. The van der Waals surface area contributed by atoms with Crippen LogP contribution >= 0.6 is 27.3 Å². The van der Waals surface area contributed by atoms with Gasteiger partial charge in [-0.1, -0.05) is 19.8 Å². The van der Waals surface area contributed by atoms with Crippen LogP contribution in [0.5, 0.6) is 0 Å². The molecule has 3 nitrogen and oxygen atoms in total. The Kier molecular flexibility index (Phi) is 6.05. The molecule has 112 valence electrons. The first-order valence-corrected chi connectivity index (χ1v) is 8.94. The van der Waals surface area contributed by atoms with Crippen LogP contribution in [0.2, 0.25) is 0 Å². The number of hydrogen-bond acceptors (Lipinski definition) is 3. The van der Waals surface area contributed by atoms with Crippen molar-refractivity contribution < 1.29 is 9.90 Å². The number of piperidine rings is 1. The van der Waals surface area contributed by atoms with E-state index in [1.54, 1.807) is 11.3 Å². The minimum absolute atomic E-state index is 0.198. The summed E-state index contributed by atoms with van der Waals surface area (Å²) >= 11 is 5.31. The largest absolute Gasteiger partial charge is 0.481 e. The van der Waals surface area contributed by atoms with Crippen molar-refractivity contribution in [2.75, 3.05) is 13.1 Å². The summed E-state index contributed by atoms with van der Waals surface area (Å²) in [4.78, 5) is 15.0. The minimum atomic E-state index is -0.642. The van der Waals surface area contributed by atoms with Gasteiger partial charge in [-0.25, -0.2) is 0 Å². The fourth-order valence-corrected chi connectivity index (χ4v) is 4.49. The van der Waals surface area contributed by atoms with Crippen molar-refractivity contribution in [3.8, 4) is 0 Å². The Bertz CT molecular complexity index is 449. The molecule has 20 heavy (non-hydrogen) atoms. The number of rotatable bonds is 6. The van der Waals surface area contributed by atoms with Crippen molar-refractivity contribution in [1.29, 1.82) is 0 Å². The Morgan fingerprint density at radius 3 is 3.00 bits per heavy atom. The smallest absolute Gasteiger partial charge is 0.307 e. The van der Waals surface area contributed by atoms with E-state index >= 15 is 0 Å². The van der Waals surface area contributed by atoms with Gasteiger partial charge in [-0.3, -0.25) is 9.69 Å². The third kappa shape index (κ3) is 4.06. The lowest BCUT2D eigenvalue weighted by Gasteiger charge is -2.36. The molecule has 2 atom stereocenters. The number of carbonyl (C=O) groups is 1. The molecule has 2 unspecified atom stereocenters. The van der Waals surface area contributed by atoms with Gasteiger partial charge in [-0.15, -0.1) is 11.3 Å². The summed E-state index contributed by atoms with van der Waals surface area (Å²) in [5, 5.41) is 9.26. The van der Waals surface area contributed by atoms with E-state index in [2.05, 4.69) is 39.9 Å². The zero-order valence-electron chi connectivity index (χ0n) is 11.8. The number of hydrogen-bond donors (Lipinski definition) is 1. The Morgan fingerprint density at radius 2 is 2.40 bits per heavy atom. The van der Waals surface area contributed by atoms with Gasteiger partial charge in [-0.2, -0.15) is 0 Å². The number of thiophene rings is 1. The highest BCUT2D eigenvalue weighted by Gasteiger charge is 2.30. The molecule has 0 aromatic carbocycles. The molecule has 1 aliphatic heterocycles. The predicted octanol–water partition coefficient (Wildman–Crippen LogP) is 4.54. The minimum Gasteiger partial charge on any atom is -0.481 e. The lowest BCUT2D eigenvalue weighted by atomic mass is 9.95. The quantitative estimate of drug-likeness (QED) is 0.810. The topological polar surface area (TPSA) is 40.5 Å². The van der Waals surface area contributed by atoms with Gasteiger partial charge in [0.05, 0.1) is 9.70 Å². The number of unbranched alkanes of at least 4 members (excludes halogenated alkanes) is 1. The van der Waals surface area contributed by atoms with Crippen LogP contribution in [-0.2, 0) is 4.79 Å². The second kappa shape index (κ2) is 7.57. The van der Waals surface area contributed by atoms with Crippen LogP contribution in [0.1, 0.15) is 49.9 Å². The SMILES string of the molecule is CCCCC(c1ccc(Br)s1)N1CCCC(C(=O)O)C1. The molecule has 0 radical (unpaired) electrons. The van der Waals surface area contributed by atoms with Crippen LogP contribution in [0.15, 0.2) is 15.9 Å². The first-order chi connectivity index (χ1) is 9.61. The highest BCUT2D eigenvalue weighted by molar-refractivity contribution is 9.11. The van der Waals surface area contributed by atoms with Crippen LogP contribution in [0.3, 0.4) is 0 Å². The van der Waals surface area contributed by atoms with Gasteiger partial charge in [0, 0.05) is 17.5 Å². The van der Waals surface area contributed by atoms with E-state index in [1.165, 1.54) is 17.7 Å². The monoisotopic (exact) mass is 359 g/mol. The van der Waals surface area contributed by atoms with Gasteiger partial charge in [-0.05, 0) is 53.9 Å².